The van der Waals surface area contributed by atoms with Gasteiger partial charge in [-0.05, 0) is 211 Å². The second kappa shape index (κ2) is 23.1. The van der Waals surface area contributed by atoms with Crippen LogP contribution in [0.15, 0.2) is 83.0 Å². The van der Waals surface area contributed by atoms with E-state index in [0.717, 1.165) is 119 Å². The number of amides is 2. The van der Waals surface area contributed by atoms with Crippen molar-refractivity contribution in [3.05, 3.63) is 94.1 Å². The molecule has 4 saturated heterocycles. The Morgan fingerprint density at radius 1 is 0.590 bits per heavy atom. The van der Waals surface area contributed by atoms with E-state index in [1.165, 1.54) is 57.8 Å². The number of carbonyl (C=O) groups excluding carboxylic acids is 3. The Morgan fingerprint density at radius 2 is 1.05 bits per heavy atom. The van der Waals surface area contributed by atoms with Crippen LogP contribution in [0.1, 0.15) is 195 Å². The number of piperidine rings is 2. The third-order valence-corrected chi connectivity index (χ3v) is 26.2. The molecule has 8 aliphatic carbocycles. The van der Waals surface area contributed by atoms with Crippen LogP contribution in [0.25, 0.3) is 0 Å². The van der Waals surface area contributed by atoms with Crippen LogP contribution in [-0.4, -0.2) is 87.6 Å². The van der Waals surface area contributed by atoms with Gasteiger partial charge >= 0.3 is 12.2 Å². The summed E-state index contributed by atoms with van der Waals surface area (Å²) >= 11 is 0. The smallest absolute Gasteiger partial charge is 0.410 e. The lowest BCUT2D eigenvalue weighted by Crippen LogP contribution is -2.54. The molecule has 10 nitrogen and oxygen atoms in total. The summed E-state index contributed by atoms with van der Waals surface area (Å²) in [5.41, 5.74) is 9.00. The average molecular weight is 1160 g/mol. The Labute approximate surface area is 504 Å². The summed E-state index contributed by atoms with van der Waals surface area (Å²) < 4.78 is 26.1. The SMILES string of the molecule is CC1=C2C[C@H]3[C@@H](CC[C@@H]4CC(=O)CC[C@@]43C)[C@@H]2CC[C@@]2(C1)O[C@@H]1C[C@H](C)CN(C(=O)OCc3ccccc3)[C@H]1[C@H]2C.CC1=C2C[C@H]3[C@@H](CC[C@@H]4C[C@@H](O)CC[C@@]43C)[C@@H]2CC[C@@]2(C1)O[C@@H]1C[C@H](C)CN(C(=O)OCc3ccccc3)[C@H]1[C@H]2C.S. The van der Waals surface area contributed by atoms with Gasteiger partial charge in [-0.3, -0.25) is 4.79 Å². The minimum Gasteiger partial charge on any atom is -0.445 e. The van der Waals surface area contributed by atoms with E-state index in [1.807, 2.05) is 70.5 Å². The molecule has 14 rings (SSSR count). The average Bonchev–Trinajstić information content (AvgIpc) is 2.99. The fourth-order valence-corrected chi connectivity index (χ4v) is 21.9. The van der Waals surface area contributed by atoms with Crippen LogP contribution < -0.4 is 0 Å². The van der Waals surface area contributed by atoms with Gasteiger partial charge < -0.3 is 33.9 Å². The molecule has 83 heavy (non-hydrogen) atoms. The molecule has 2 spiro atoms. The fourth-order valence-electron chi connectivity index (χ4n) is 21.9. The number of carbonyl (C=O) groups is 3. The van der Waals surface area contributed by atoms with Gasteiger partial charge in [0.25, 0.3) is 0 Å². The molecule has 2 aromatic carbocycles. The van der Waals surface area contributed by atoms with Crippen molar-refractivity contribution >= 4 is 31.5 Å². The molecule has 2 amide bonds. The number of hydrogen-bond donors (Lipinski definition) is 1. The van der Waals surface area contributed by atoms with Crippen LogP contribution in [0.4, 0.5) is 9.59 Å². The molecule has 0 bridgehead atoms. The number of rotatable bonds is 4. The number of ketones is 1. The molecule has 11 heteroatoms. The van der Waals surface area contributed by atoms with Gasteiger partial charge in [0.15, 0.2) is 0 Å². The van der Waals surface area contributed by atoms with Crippen LogP contribution >= 0.6 is 13.5 Å². The first-order chi connectivity index (χ1) is 39.4. The molecule has 6 saturated carbocycles. The number of benzene rings is 2. The molecule has 2 aromatic rings. The maximum atomic E-state index is 13.5. The van der Waals surface area contributed by atoms with Gasteiger partial charge in [0.05, 0.1) is 41.6 Å². The van der Waals surface area contributed by atoms with Gasteiger partial charge in [-0.25, -0.2) is 9.59 Å². The minimum atomic E-state index is -0.202. The summed E-state index contributed by atoms with van der Waals surface area (Å²) in [5, 5.41) is 10.4. The number of ether oxygens (including phenoxy) is 4. The largest absolute Gasteiger partial charge is 0.445 e. The first-order valence-corrected chi connectivity index (χ1v) is 33.2. The van der Waals surface area contributed by atoms with Gasteiger partial charge in [-0.2, -0.15) is 13.5 Å². The molecular formula is C72H102N2O8S. The van der Waals surface area contributed by atoms with Crippen LogP contribution in [0, 0.1) is 81.8 Å². The van der Waals surface area contributed by atoms with E-state index < -0.39 is 0 Å². The van der Waals surface area contributed by atoms with Crippen molar-refractivity contribution in [2.24, 2.45) is 81.8 Å². The molecule has 12 aliphatic rings. The van der Waals surface area contributed by atoms with Crippen molar-refractivity contribution in [2.75, 3.05) is 13.1 Å². The highest BCUT2D eigenvalue weighted by atomic mass is 32.1. The van der Waals surface area contributed by atoms with Gasteiger partial charge in [0.2, 0.25) is 0 Å². The number of fused-ring (bicyclic) bond motifs is 12. The Bertz CT molecular complexity index is 2790. The topological polar surface area (TPSA) is 115 Å². The van der Waals surface area contributed by atoms with Crippen molar-refractivity contribution < 1.29 is 38.4 Å². The van der Waals surface area contributed by atoms with E-state index >= 15 is 0 Å². The number of likely N-dealkylation sites (tertiary alicyclic amines) is 2. The Morgan fingerprint density at radius 3 is 1.53 bits per heavy atom. The standard InChI is InChI=1S/C36H51NO4.C36H49NO4.H2S/c2*1-22-16-32-33(37(20-22)34(39)40-21-25-8-6-5-7-9-25)24(3)36(41-32)15-13-28-29-11-10-26-17-27(38)12-14-35(26,4)31(29)18-30(28)23(2)19-36;/h5-9,22,24,26-29,31-33,38H,10-21H2,1-4H3;5-9,22,24,26,28-29,31-33H,10-21H2,1-4H3;1H2/t22-,24+,26+,27-,28-,29-,31-,32+,33-,35-,36-;22-,24+,26+,28-,29-,31-,32+,33-,35-,36-;/m00./s1. The second-order valence-electron chi connectivity index (χ2n) is 30.5. The predicted molar refractivity (Wildman–Crippen MR) is 329 cm³/mol. The van der Waals surface area contributed by atoms with Crippen molar-refractivity contribution in [3.63, 3.8) is 0 Å². The van der Waals surface area contributed by atoms with Crippen molar-refractivity contribution in [1.29, 1.82) is 0 Å². The highest BCUT2D eigenvalue weighted by molar-refractivity contribution is 7.59. The molecule has 21 atom stereocenters. The monoisotopic (exact) mass is 1150 g/mol. The quantitative estimate of drug-likeness (QED) is 0.301. The summed E-state index contributed by atoms with van der Waals surface area (Å²) in [6.07, 6.45) is 21.9. The lowest BCUT2D eigenvalue weighted by Gasteiger charge is -2.53. The van der Waals surface area contributed by atoms with E-state index in [9.17, 15) is 19.5 Å². The van der Waals surface area contributed by atoms with Gasteiger partial charge in [0.1, 0.15) is 19.0 Å². The Hall–Kier alpha value is -3.64. The molecule has 454 valence electrons. The normalized spacial score (nSPS) is 44.1. The molecule has 1 N–H and O–H groups in total. The first-order valence-electron chi connectivity index (χ1n) is 33.2. The molecule has 10 fully saturated rings. The van der Waals surface area contributed by atoms with E-state index in [2.05, 4.69) is 55.4 Å². The van der Waals surface area contributed by atoms with Gasteiger partial charge in [0, 0.05) is 37.8 Å². The van der Waals surface area contributed by atoms with Crippen LogP contribution in [0.5, 0.6) is 0 Å². The van der Waals surface area contributed by atoms with Crippen LogP contribution in [0.3, 0.4) is 0 Å². The lowest BCUT2D eigenvalue weighted by molar-refractivity contribution is -0.129. The maximum absolute atomic E-state index is 13.5. The van der Waals surface area contributed by atoms with Crippen molar-refractivity contribution in [2.45, 2.75) is 239 Å². The summed E-state index contributed by atoms with van der Waals surface area (Å²) in [6.45, 7) is 21.2. The van der Waals surface area contributed by atoms with Crippen molar-refractivity contribution in [1.82, 2.24) is 9.80 Å². The van der Waals surface area contributed by atoms with Gasteiger partial charge in [-0.15, -0.1) is 0 Å². The van der Waals surface area contributed by atoms with E-state index in [0.29, 0.717) is 65.3 Å². The molecule has 0 aromatic heterocycles. The summed E-state index contributed by atoms with van der Waals surface area (Å²) in [5.74, 6) is 7.54. The second-order valence-corrected chi connectivity index (χ2v) is 30.5. The Kier molecular flexibility index (Phi) is 16.6. The van der Waals surface area contributed by atoms with Gasteiger partial charge in [-0.1, -0.05) is 124 Å². The number of aliphatic hydroxyl groups excluding tert-OH is 1. The zero-order chi connectivity index (χ0) is 57.0. The number of Topliss-reactive ketones (excluding diaryl/α,β-unsaturated/α-hetero) is 1. The van der Waals surface area contributed by atoms with E-state index in [1.54, 1.807) is 22.3 Å². The highest BCUT2D eigenvalue weighted by Gasteiger charge is 2.63. The third-order valence-electron chi connectivity index (χ3n) is 26.2. The number of allylic oxidation sites excluding steroid dienone is 2. The summed E-state index contributed by atoms with van der Waals surface area (Å²) in [7, 11) is 0. The minimum absolute atomic E-state index is 0. The predicted octanol–water partition coefficient (Wildman–Crippen LogP) is 15.4. The van der Waals surface area contributed by atoms with Crippen LogP contribution in [0.2, 0.25) is 0 Å². The molecule has 0 radical (unpaired) electrons. The number of aliphatic hydroxyl groups is 1. The zero-order valence-corrected chi connectivity index (χ0v) is 52.8. The Balaban J connectivity index is 0.000000162. The van der Waals surface area contributed by atoms with E-state index in [-0.39, 0.29) is 79.1 Å². The fraction of sp³-hybridized carbons (Fsp3) is 0.736. The van der Waals surface area contributed by atoms with Crippen molar-refractivity contribution in [3.8, 4) is 0 Å². The number of hydrogen-bond acceptors (Lipinski definition) is 8. The molecular weight excluding hydrogens is 1050 g/mol. The molecule has 0 unspecified atom stereocenters. The summed E-state index contributed by atoms with van der Waals surface area (Å²) in [4.78, 5) is 43.4. The van der Waals surface area contributed by atoms with E-state index in [4.69, 9.17) is 18.9 Å². The van der Waals surface area contributed by atoms with Crippen LogP contribution in [-0.2, 0) is 37.0 Å². The molecule has 4 heterocycles. The number of nitrogens with zero attached hydrogens (tertiary/aromatic N) is 2. The highest BCUT2D eigenvalue weighted by Crippen LogP contribution is 2.67. The summed E-state index contributed by atoms with van der Waals surface area (Å²) in [6, 6.07) is 20.1. The zero-order valence-electron chi connectivity index (χ0n) is 51.8. The lowest BCUT2D eigenvalue weighted by atomic mass is 9.52. The molecule has 4 aliphatic heterocycles. The first kappa shape index (κ1) is 59.7. The maximum Gasteiger partial charge on any atom is 0.410 e. The third kappa shape index (κ3) is 10.5.